The summed E-state index contributed by atoms with van der Waals surface area (Å²) in [4.78, 5) is 26.9. The van der Waals surface area contributed by atoms with Crippen molar-refractivity contribution in [1.82, 2.24) is 9.55 Å². The minimum atomic E-state index is -0.544. The zero-order valence-corrected chi connectivity index (χ0v) is 10.5. The van der Waals surface area contributed by atoms with Crippen LogP contribution in [0.2, 0.25) is 0 Å². The van der Waals surface area contributed by atoms with Crippen LogP contribution in [0.3, 0.4) is 0 Å². The molecule has 0 saturated heterocycles. The van der Waals surface area contributed by atoms with Crippen LogP contribution in [0.4, 0.5) is 4.39 Å². The summed E-state index contributed by atoms with van der Waals surface area (Å²) >= 11 is 0. The molecule has 4 nitrogen and oxygen atoms in total. The number of hydrogen-bond acceptors (Lipinski definition) is 2. The van der Waals surface area contributed by atoms with Gasteiger partial charge < -0.3 is 4.98 Å². The van der Waals surface area contributed by atoms with Crippen LogP contribution in [0.1, 0.15) is 5.56 Å². The molecule has 0 saturated carbocycles. The van der Waals surface area contributed by atoms with Crippen molar-refractivity contribution in [3.05, 3.63) is 80.7 Å². The number of hydrogen-bond donors (Lipinski definition) is 1. The largest absolute Gasteiger partial charge is 0.329 e. The summed E-state index contributed by atoms with van der Waals surface area (Å²) in [5, 5.41) is 0.406. The first-order valence-corrected chi connectivity index (χ1v) is 6.12. The first-order chi connectivity index (χ1) is 9.66. The van der Waals surface area contributed by atoms with Gasteiger partial charge in [-0.1, -0.05) is 30.3 Å². The van der Waals surface area contributed by atoms with E-state index >= 15 is 0 Å². The van der Waals surface area contributed by atoms with Crippen LogP contribution in [0, 0.1) is 5.82 Å². The standard InChI is InChI=1S/C15H11FN2O2/c16-12-7-3-1-5-10(12)9-18-14(19)11-6-2-4-8-13(11)17-15(18)20/h1-8H,9H2,(H,17,20). The Morgan fingerprint density at radius 3 is 2.50 bits per heavy atom. The van der Waals surface area contributed by atoms with Crippen molar-refractivity contribution in [3.63, 3.8) is 0 Å². The monoisotopic (exact) mass is 270 g/mol. The highest BCUT2D eigenvalue weighted by atomic mass is 19.1. The van der Waals surface area contributed by atoms with Gasteiger partial charge in [-0.3, -0.25) is 9.36 Å². The second kappa shape index (κ2) is 4.77. The van der Waals surface area contributed by atoms with Crippen molar-refractivity contribution in [2.24, 2.45) is 0 Å². The third kappa shape index (κ3) is 2.03. The Kier molecular flexibility index (Phi) is 2.95. The average molecular weight is 270 g/mol. The molecule has 2 aromatic carbocycles. The van der Waals surface area contributed by atoms with E-state index in [1.807, 2.05) is 0 Å². The molecule has 1 heterocycles. The molecule has 3 rings (SSSR count). The number of nitrogens with one attached hydrogen (secondary N) is 1. The van der Waals surface area contributed by atoms with Crippen molar-refractivity contribution in [1.29, 1.82) is 0 Å². The Bertz CT molecular complexity index is 896. The van der Waals surface area contributed by atoms with Crippen molar-refractivity contribution in [2.75, 3.05) is 0 Å². The van der Waals surface area contributed by atoms with Crippen molar-refractivity contribution < 1.29 is 4.39 Å². The lowest BCUT2D eigenvalue weighted by Crippen LogP contribution is -2.35. The first-order valence-electron chi connectivity index (χ1n) is 6.12. The zero-order chi connectivity index (χ0) is 14.1. The van der Waals surface area contributed by atoms with Gasteiger partial charge in [-0.15, -0.1) is 0 Å². The molecule has 20 heavy (non-hydrogen) atoms. The quantitative estimate of drug-likeness (QED) is 0.773. The van der Waals surface area contributed by atoms with Gasteiger partial charge in [0.05, 0.1) is 17.4 Å². The Hall–Kier alpha value is -2.69. The number of benzene rings is 2. The molecular formula is C15H11FN2O2. The number of halogens is 1. The van der Waals surface area contributed by atoms with Crippen LogP contribution in [0.25, 0.3) is 10.9 Å². The molecule has 0 radical (unpaired) electrons. The maximum Gasteiger partial charge on any atom is 0.329 e. The Balaban J connectivity index is 2.20. The summed E-state index contributed by atoms with van der Waals surface area (Å²) in [7, 11) is 0. The van der Waals surface area contributed by atoms with E-state index in [1.165, 1.54) is 6.07 Å². The smallest absolute Gasteiger partial charge is 0.307 e. The summed E-state index contributed by atoms with van der Waals surface area (Å²) in [6.45, 7) is -0.0916. The highest BCUT2D eigenvalue weighted by Crippen LogP contribution is 2.08. The molecule has 0 amide bonds. The number of aromatic amines is 1. The predicted molar refractivity (Wildman–Crippen MR) is 74.3 cm³/mol. The molecule has 100 valence electrons. The molecule has 1 aromatic heterocycles. The predicted octanol–water partition coefficient (Wildman–Crippen LogP) is 1.88. The van der Waals surface area contributed by atoms with E-state index in [1.54, 1.807) is 42.5 Å². The molecule has 0 atom stereocenters. The molecule has 0 aliphatic carbocycles. The summed E-state index contributed by atoms with van der Waals surface area (Å²) in [6.07, 6.45) is 0. The minimum Gasteiger partial charge on any atom is -0.307 e. The van der Waals surface area contributed by atoms with Gasteiger partial charge in [0.2, 0.25) is 0 Å². The van der Waals surface area contributed by atoms with E-state index in [-0.39, 0.29) is 6.54 Å². The summed E-state index contributed by atoms with van der Waals surface area (Å²) in [6, 6.07) is 12.8. The van der Waals surface area contributed by atoms with Gasteiger partial charge in [0.1, 0.15) is 5.82 Å². The lowest BCUT2D eigenvalue weighted by atomic mass is 10.2. The minimum absolute atomic E-state index is 0.0916. The Morgan fingerprint density at radius 1 is 1.00 bits per heavy atom. The van der Waals surface area contributed by atoms with E-state index < -0.39 is 17.1 Å². The van der Waals surface area contributed by atoms with Crippen LogP contribution in [0.15, 0.2) is 58.1 Å². The number of nitrogens with zero attached hydrogens (tertiary/aromatic N) is 1. The normalized spacial score (nSPS) is 10.8. The topological polar surface area (TPSA) is 54.9 Å². The Labute approximate surface area is 113 Å². The summed E-state index contributed by atoms with van der Waals surface area (Å²) < 4.78 is 14.6. The maximum atomic E-state index is 13.6. The van der Waals surface area contributed by atoms with Crippen LogP contribution < -0.4 is 11.2 Å². The van der Waals surface area contributed by atoms with Gasteiger partial charge in [-0.25, -0.2) is 9.18 Å². The van der Waals surface area contributed by atoms with Crippen LogP contribution in [-0.4, -0.2) is 9.55 Å². The number of rotatable bonds is 2. The fraction of sp³-hybridized carbons (Fsp3) is 0.0667. The second-order valence-electron chi connectivity index (χ2n) is 4.46. The summed E-state index contributed by atoms with van der Waals surface area (Å²) in [5.74, 6) is -0.438. The number of para-hydroxylation sites is 1. The highest BCUT2D eigenvalue weighted by molar-refractivity contribution is 5.76. The first kappa shape index (κ1) is 12.3. The number of aromatic nitrogens is 2. The molecule has 5 heteroatoms. The molecule has 0 bridgehead atoms. The average Bonchev–Trinajstić information content (AvgIpc) is 2.45. The molecule has 0 unspecified atom stereocenters. The van der Waals surface area contributed by atoms with Gasteiger partial charge in [0, 0.05) is 5.56 Å². The molecule has 0 aliphatic rings. The molecule has 1 N–H and O–H groups in total. The second-order valence-corrected chi connectivity index (χ2v) is 4.46. The summed E-state index contributed by atoms with van der Waals surface area (Å²) in [5.41, 5.74) is -0.188. The lowest BCUT2D eigenvalue weighted by Gasteiger charge is -2.07. The van der Waals surface area contributed by atoms with E-state index in [4.69, 9.17) is 0 Å². The van der Waals surface area contributed by atoms with Gasteiger partial charge >= 0.3 is 5.69 Å². The van der Waals surface area contributed by atoms with E-state index in [9.17, 15) is 14.0 Å². The fourth-order valence-corrected chi connectivity index (χ4v) is 2.14. The zero-order valence-electron chi connectivity index (χ0n) is 10.5. The van der Waals surface area contributed by atoms with E-state index in [2.05, 4.69) is 4.98 Å². The van der Waals surface area contributed by atoms with Crippen molar-refractivity contribution in [3.8, 4) is 0 Å². The van der Waals surface area contributed by atoms with Crippen molar-refractivity contribution in [2.45, 2.75) is 6.54 Å². The molecule has 3 aromatic rings. The fourth-order valence-electron chi connectivity index (χ4n) is 2.14. The van der Waals surface area contributed by atoms with Gasteiger partial charge in [-0.2, -0.15) is 0 Å². The molecule has 0 aliphatic heterocycles. The SMILES string of the molecule is O=c1[nH]c2ccccc2c(=O)n1Cc1ccccc1F. The van der Waals surface area contributed by atoms with Gasteiger partial charge in [-0.05, 0) is 18.2 Å². The molecular weight excluding hydrogens is 259 g/mol. The molecule has 0 fully saturated rings. The van der Waals surface area contributed by atoms with Gasteiger partial charge in [0.25, 0.3) is 5.56 Å². The molecule has 0 spiro atoms. The third-order valence-corrected chi connectivity index (χ3v) is 3.18. The van der Waals surface area contributed by atoms with Crippen LogP contribution in [0.5, 0.6) is 0 Å². The van der Waals surface area contributed by atoms with Gasteiger partial charge in [0.15, 0.2) is 0 Å². The maximum absolute atomic E-state index is 13.6. The highest BCUT2D eigenvalue weighted by Gasteiger charge is 2.09. The van der Waals surface area contributed by atoms with Crippen LogP contribution in [-0.2, 0) is 6.54 Å². The third-order valence-electron chi connectivity index (χ3n) is 3.18. The van der Waals surface area contributed by atoms with E-state index in [0.717, 1.165) is 4.57 Å². The van der Waals surface area contributed by atoms with Crippen LogP contribution >= 0.6 is 0 Å². The number of fused-ring (bicyclic) bond motifs is 1. The van der Waals surface area contributed by atoms with E-state index in [0.29, 0.717) is 16.5 Å². The number of H-pyrrole nitrogens is 1. The lowest BCUT2D eigenvalue weighted by molar-refractivity contribution is 0.591. The Morgan fingerprint density at radius 2 is 1.70 bits per heavy atom. The van der Waals surface area contributed by atoms with Crippen molar-refractivity contribution >= 4 is 10.9 Å².